The quantitative estimate of drug-likeness (QED) is 0.450. The minimum absolute atomic E-state index is 0.0563. The van der Waals surface area contributed by atoms with Gasteiger partial charge in [0.05, 0.1) is 35.3 Å². The Kier molecular flexibility index (Phi) is 6.77. The highest BCUT2D eigenvalue weighted by atomic mass is 35.5. The maximum atomic E-state index is 10.2. The Morgan fingerprint density at radius 1 is 1.13 bits per heavy atom. The summed E-state index contributed by atoms with van der Waals surface area (Å²) in [6.07, 6.45) is -8.72. The highest BCUT2D eigenvalue weighted by Crippen LogP contribution is 2.37. The fourth-order valence-corrected chi connectivity index (χ4v) is 3.42. The van der Waals surface area contributed by atoms with Gasteiger partial charge >= 0.3 is 0 Å². The normalized spacial score (nSPS) is 51.1. The molecule has 0 amide bonds. The minimum atomic E-state index is -1.89. The van der Waals surface area contributed by atoms with Crippen molar-refractivity contribution in [1.82, 2.24) is 0 Å². The molecule has 2 rings (SSSR count). The van der Waals surface area contributed by atoms with Crippen LogP contribution in [-0.2, 0) is 18.5 Å². The molecule has 2 fully saturated rings. The SMILES string of the molecule is C[C@H]1O[C@@](COCl)(O[C@H]2O[C@H](CCl)[C@H](Cl)[C@H](O)[C@H]2O)[C@@H](O)[C@@H]1O. The molecule has 0 aliphatic carbocycles. The third-order valence-corrected chi connectivity index (χ3v) is 4.94. The molecule has 0 unspecified atom stereocenters. The van der Waals surface area contributed by atoms with Crippen molar-refractivity contribution in [3.8, 4) is 0 Å². The van der Waals surface area contributed by atoms with Gasteiger partial charge < -0.3 is 34.6 Å². The maximum absolute atomic E-state index is 10.2. The molecule has 8 nitrogen and oxygen atoms in total. The molecule has 0 radical (unpaired) electrons. The van der Waals surface area contributed by atoms with Gasteiger partial charge in [0, 0.05) is 0 Å². The summed E-state index contributed by atoms with van der Waals surface area (Å²) in [5.41, 5.74) is 0. The molecule has 2 aliphatic heterocycles. The monoisotopic (exact) mass is 396 g/mol. The van der Waals surface area contributed by atoms with Crippen LogP contribution in [0, 0.1) is 0 Å². The lowest BCUT2D eigenvalue weighted by Crippen LogP contribution is -2.61. The minimum Gasteiger partial charge on any atom is -0.389 e. The fraction of sp³-hybridized carbons (Fsp3) is 1.00. The van der Waals surface area contributed by atoms with E-state index in [4.69, 9.17) is 49.3 Å². The van der Waals surface area contributed by atoms with Crippen LogP contribution in [0.1, 0.15) is 6.92 Å². The summed E-state index contributed by atoms with van der Waals surface area (Å²) < 4.78 is 20.8. The van der Waals surface area contributed by atoms with Crippen LogP contribution in [0.2, 0.25) is 0 Å². The smallest absolute Gasteiger partial charge is 0.226 e. The molecule has 0 aromatic carbocycles. The Hall–Kier alpha value is 0.550. The van der Waals surface area contributed by atoms with Crippen LogP contribution >= 0.6 is 35.1 Å². The van der Waals surface area contributed by atoms with Crippen LogP contribution in [0.5, 0.6) is 0 Å². The molecule has 2 saturated heterocycles. The van der Waals surface area contributed by atoms with E-state index < -0.39 is 60.7 Å². The molecule has 0 aromatic rings. The van der Waals surface area contributed by atoms with Gasteiger partial charge in [-0.3, -0.25) is 4.29 Å². The summed E-state index contributed by atoms with van der Waals surface area (Å²) in [6, 6.07) is 0. The summed E-state index contributed by atoms with van der Waals surface area (Å²) in [5.74, 6) is -1.94. The van der Waals surface area contributed by atoms with E-state index in [1.165, 1.54) is 6.92 Å². The van der Waals surface area contributed by atoms with Crippen LogP contribution < -0.4 is 0 Å². The average molecular weight is 398 g/mol. The predicted molar refractivity (Wildman–Crippen MR) is 79.2 cm³/mol. The van der Waals surface area contributed by atoms with E-state index >= 15 is 0 Å². The summed E-state index contributed by atoms with van der Waals surface area (Å²) >= 11 is 16.9. The van der Waals surface area contributed by atoms with Crippen molar-refractivity contribution < 1.29 is 38.9 Å². The zero-order valence-electron chi connectivity index (χ0n) is 12.1. The molecule has 11 heteroatoms. The standard InChI is InChI=1S/C12H19Cl3O8/c1-4-7(16)10(19)12(22-4,3-20-15)23-11-9(18)8(17)6(14)5(2-13)21-11/h4-11,16-19H,2-3H2,1H3/t4-,5-,6+,7-,8+,9-,10+,11-,12+/m1/s1. The molecule has 0 spiro atoms. The first kappa shape index (κ1) is 19.9. The van der Waals surface area contributed by atoms with Crippen LogP contribution in [0.4, 0.5) is 0 Å². The number of halogens is 3. The maximum Gasteiger partial charge on any atom is 0.226 e. The zero-order valence-corrected chi connectivity index (χ0v) is 14.4. The Morgan fingerprint density at radius 3 is 2.26 bits per heavy atom. The number of aliphatic hydroxyl groups excluding tert-OH is 4. The van der Waals surface area contributed by atoms with E-state index in [9.17, 15) is 20.4 Å². The van der Waals surface area contributed by atoms with Gasteiger partial charge in [-0.1, -0.05) is 0 Å². The first-order valence-corrected chi connectivity index (χ1v) is 8.22. The van der Waals surface area contributed by atoms with Gasteiger partial charge in [-0.15, -0.1) is 23.2 Å². The second kappa shape index (κ2) is 7.84. The second-order valence-electron chi connectivity index (χ2n) is 5.56. The predicted octanol–water partition coefficient (Wildman–Crippen LogP) is -0.697. The number of hydrogen-bond donors (Lipinski definition) is 4. The van der Waals surface area contributed by atoms with Gasteiger partial charge in [-0.2, -0.15) is 0 Å². The van der Waals surface area contributed by atoms with Gasteiger partial charge in [0.2, 0.25) is 5.79 Å². The van der Waals surface area contributed by atoms with Crippen molar-refractivity contribution in [1.29, 1.82) is 0 Å². The van der Waals surface area contributed by atoms with Crippen LogP contribution in [0.25, 0.3) is 0 Å². The molecule has 23 heavy (non-hydrogen) atoms. The molecule has 2 aliphatic rings. The van der Waals surface area contributed by atoms with Crippen molar-refractivity contribution in [2.45, 2.75) is 61.0 Å². The zero-order chi connectivity index (χ0) is 17.4. The van der Waals surface area contributed by atoms with E-state index in [1.54, 1.807) is 0 Å². The fourth-order valence-electron chi connectivity index (χ4n) is 2.61. The Bertz CT molecular complexity index is 403. The second-order valence-corrected chi connectivity index (χ2v) is 6.60. The number of rotatable bonds is 5. The molecule has 0 bridgehead atoms. The lowest BCUT2D eigenvalue weighted by Gasteiger charge is -2.43. The number of ether oxygens (including phenoxy) is 3. The molecular formula is C12H19Cl3O8. The van der Waals surface area contributed by atoms with Crippen LogP contribution in [0.3, 0.4) is 0 Å². The Morgan fingerprint density at radius 2 is 1.78 bits per heavy atom. The van der Waals surface area contributed by atoms with Crippen molar-refractivity contribution in [2.24, 2.45) is 0 Å². The molecule has 0 saturated carbocycles. The molecular weight excluding hydrogens is 378 g/mol. The van der Waals surface area contributed by atoms with Crippen molar-refractivity contribution in [3.63, 3.8) is 0 Å². The molecule has 2 heterocycles. The first-order chi connectivity index (χ1) is 10.8. The molecule has 136 valence electrons. The van der Waals surface area contributed by atoms with Crippen LogP contribution in [-0.4, -0.2) is 87.0 Å². The third-order valence-electron chi connectivity index (χ3n) is 3.98. The van der Waals surface area contributed by atoms with E-state index in [-0.39, 0.29) is 5.88 Å². The number of hydrogen-bond acceptors (Lipinski definition) is 8. The van der Waals surface area contributed by atoms with Gasteiger partial charge in [0.1, 0.15) is 31.0 Å². The first-order valence-electron chi connectivity index (χ1n) is 6.94. The Balaban J connectivity index is 2.19. The van der Waals surface area contributed by atoms with Crippen LogP contribution in [0.15, 0.2) is 0 Å². The highest BCUT2D eigenvalue weighted by Gasteiger charge is 2.57. The molecule has 4 N–H and O–H groups in total. The number of alkyl halides is 2. The third kappa shape index (κ3) is 3.73. The lowest BCUT2D eigenvalue weighted by molar-refractivity contribution is -0.367. The summed E-state index contributed by atoms with van der Waals surface area (Å²) in [6.45, 7) is 1.05. The van der Waals surface area contributed by atoms with Gasteiger partial charge in [-0.05, 0) is 6.92 Å². The van der Waals surface area contributed by atoms with Gasteiger partial charge in [0.25, 0.3) is 0 Å². The van der Waals surface area contributed by atoms with Crippen molar-refractivity contribution in [2.75, 3.05) is 12.5 Å². The topological polar surface area (TPSA) is 118 Å². The van der Waals surface area contributed by atoms with Crippen molar-refractivity contribution >= 4 is 35.1 Å². The van der Waals surface area contributed by atoms with E-state index in [2.05, 4.69) is 4.29 Å². The molecule has 9 atom stereocenters. The Labute approximate surface area is 147 Å². The van der Waals surface area contributed by atoms with E-state index in [1.807, 2.05) is 0 Å². The summed E-state index contributed by atoms with van der Waals surface area (Å²) in [4.78, 5) is 0. The molecule has 0 aromatic heterocycles. The van der Waals surface area contributed by atoms with Gasteiger partial charge in [-0.25, -0.2) is 0 Å². The number of aliphatic hydroxyl groups is 4. The lowest BCUT2D eigenvalue weighted by atomic mass is 10.0. The van der Waals surface area contributed by atoms with E-state index in [0.29, 0.717) is 0 Å². The average Bonchev–Trinajstić information content (AvgIpc) is 2.73. The van der Waals surface area contributed by atoms with E-state index in [0.717, 1.165) is 0 Å². The summed E-state index contributed by atoms with van der Waals surface area (Å²) in [5, 5.41) is 39.1. The van der Waals surface area contributed by atoms with Crippen molar-refractivity contribution in [3.05, 3.63) is 0 Å². The van der Waals surface area contributed by atoms with Gasteiger partial charge in [0.15, 0.2) is 6.29 Å². The summed E-state index contributed by atoms with van der Waals surface area (Å²) in [7, 11) is 0. The largest absolute Gasteiger partial charge is 0.389 e. The highest BCUT2D eigenvalue weighted by molar-refractivity contribution is 6.23.